The van der Waals surface area contributed by atoms with Crippen LogP contribution < -0.4 is 20.1 Å². The predicted octanol–water partition coefficient (Wildman–Crippen LogP) is 3.33. The first-order valence-corrected chi connectivity index (χ1v) is 11.6. The first-order chi connectivity index (χ1) is 15.0. The van der Waals surface area contributed by atoms with Gasteiger partial charge >= 0.3 is 0 Å². The van der Waals surface area contributed by atoms with Crippen molar-refractivity contribution < 1.29 is 14.3 Å². The third kappa shape index (κ3) is 6.52. The van der Waals surface area contributed by atoms with Crippen LogP contribution in [0.2, 0.25) is 0 Å². The summed E-state index contributed by atoms with van der Waals surface area (Å²) in [4.78, 5) is 18.6. The SMILES string of the molecule is CN=C(NCc1ccc(OC)cc1OC1CCCC1)NC1CCN(C(=O)C(C)C)CC1. The average molecular weight is 431 g/mol. The Kier molecular flexibility index (Phi) is 8.43. The van der Waals surface area contributed by atoms with Gasteiger partial charge in [0.25, 0.3) is 0 Å². The molecule has 31 heavy (non-hydrogen) atoms. The maximum atomic E-state index is 12.2. The van der Waals surface area contributed by atoms with Crippen LogP contribution in [0.1, 0.15) is 57.9 Å². The van der Waals surface area contributed by atoms with Gasteiger partial charge < -0.3 is 25.0 Å². The van der Waals surface area contributed by atoms with Crippen molar-refractivity contribution >= 4 is 11.9 Å². The third-order valence-electron chi connectivity index (χ3n) is 6.18. The summed E-state index contributed by atoms with van der Waals surface area (Å²) in [6.07, 6.45) is 6.86. The topological polar surface area (TPSA) is 75.2 Å². The lowest BCUT2D eigenvalue weighted by molar-refractivity contribution is -0.135. The molecule has 0 unspecified atom stereocenters. The van der Waals surface area contributed by atoms with Crippen molar-refractivity contribution in [2.24, 2.45) is 10.9 Å². The number of hydrogen-bond donors (Lipinski definition) is 2. The van der Waals surface area contributed by atoms with Crippen LogP contribution in [0, 0.1) is 5.92 Å². The van der Waals surface area contributed by atoms with Crippen molar-refractivity contribution in [2.75, 3.05) is 27.2 Å². The highest BCUT2D eigenvalue weighted by molar-refractivity contribution is 5.80. The fraction of sp³-hybridized carbons (Fsp3) is 0.667. The van der Waals surface area contributed by atoms with Crippen molar-refractivity contribution in [3.05, 3.63) is 23.8 Å². The number of amides is 1. The van der Waals surface area contributed by atoms with Crippen molar-refractivity contribution in [3.8, 4) is 11.5 Å². The molecule has 1 aliphatic carbocycles. The molecule has 2 fully saturated rings. The predicted molar refractivity (Wildman–Crippen MR) is 124 cm³/mol. The zero-order chi connectivity index (χ0) is 22.2. The number of ether oxygens (including phenoxy) is 2. The number of carbonyl (C=O) groups excluding carboxylic acids is 1. The highest BCUT2D eigenvalue weighted by Crippen LogP contribution is 2.30. The fourth-order valence-electron chi connectivity index (χ4n) is 4.28. The van der Waals surface area contributed by atoms with Gasteiger partial charge in [-0.15, -0.1) is 0 Å². The molecule has 1 saturated carbocycles. The summed E-state index contributed by atoms with van der Waals surface area (Å²) in [6.45, 7) is 6.13. The van der Waals surface area contributed by atoms with Gasteiger partial charge in [-0.1, -0.05) is 13.8 Å². The van der Waals surface area contributed by atoms with E-state index in [0.29, 0.717) is 18.7 Å². The van der Waals surface area contributed by atoms with Crippen LogP contribution in [0.3, 0.4) is 0 Å². The normalized spacial score (nSPS) is 18.4. The second kappa shape index (κ2) is 11.3. The minimum Gasteiger partial charge on any atom is -0.497 e. The van der Waals surface area contributed by atoms with Gasteiger partial charge in [-0.2, -0.15) is 0 Å². The molecule has 0 aromatic heterocycles. The average Bonchev–Trinajstić information content (AvgIpc) is 3.30. The van der Waals surface area contributed by atoms with Gasteiger partial charge in [0.2, 0.25) is 5.91 Å². The van der Waals surface area contributed by atoms with Gasteiger partial charge in [-0.25, -0.2) is 0 Å². The first-order valence-electron chi connectivity index (χ1n) is 11.6. The maximum absolute atomic E-state index is 12.2. The molecular weight excluding hydrogens is 392 g/mol. The van der Waals surface area contributed by atoms with Crippen LogP contribution >= 0.6 is 0 Å². The number of piperidine rings is 1. The summed E-state index contributed by atoms with van der Waals surface area (Å²) in [5.41, 5.74) is 1.09. The number of likely N-dealkylation sites (tertiary alicyclic amines) is 1. The number of benzene rings is 1. The molecule has 7 nitrogen and oxygen atoms in total. The minimum atomic E-state index is 0.0593. The molecule has 1 aromatic rings. The van der Waals surface area contributed by atoms with Gasteiger partial charge in [-0.3, -0.25) is 9.79 Å². The fourth-order valence-corrected chi connectivity index (χ4v) is 4.28. The van der Waals surface area contributed by atoms with E-state index in [-0.39, 0.29) is 11.8 Å². The molecule has 1 amide bonds. The summed E-state index contributed by atoms with van der Waals surface area (Å²) in [5, 5.41) is 6.94. The van der Waals surface area contributed by atoms with E-state index in [9.17, 15) is 4.79 Å². The van der Waals surface area contributed by atoms with Gasteiger partial charge in [-0.05, 0) is 50.7 Å². The standard InChI is InChI=1S/C24H38N4O3/c1-17(2)23(29)28-13-11-19(12-14-28)27-24(25-3)26-16-18-9-10-21(30-4)15-22(18)31-20-7-5-6-8-20/h9-10,15,17,19-20H,5-8,11-14,16H2,1-4H3,(H2,25,26,27). The van der Waals surface area contributed by atoms with Gasteiger partial charge in [0, 0.05) is 50.3 Å². The summed E-state index contributed by atoms with van der Waals surface area (Å²) in [6, 6.07) is 6.32. The molecular formula is C24H38N4O3. The Bertz CT molecular complexity index is 751. The Hall–Kier alpha value is -2.44. The van der Waals surface area contributed by atoms with Gasteiger partial charge in [0.1, 0.15) is 11.5 Å². The van der Waals surface area contributed by atoms with Crippen molar-refractivity contribution in [1.29, 1.82) is 0 Å². The molecule has 0 radical (unpaired) electrons. The molecule has 1 heterocycles. The minimum absolute atomic E-state index is 0.0593. The monoisotopic (exact) mass is 430 g/mol. The molecule has 1 aromatic carbocycles. The van der Waals surface area contributed by atoms with E-state index in [1.807, 2.05) is 30.9 Å². The van der Waals surface area contributed by atoms with E-state index in [1.54, 1.807) is 14.2 Å². The quantitative estimate of drug-likeness (QED) is 0.513. The van der Waals surface area contributed by atoms with Gasteiger partial charge in [0.05, 0.1) is 13.2 Å². The molecule has 172 valence electrons. The van der Waals surface area contributed by atoms with Crippen LogP contribution in [0.15, 0.2) is 23.2 Å². The molecule has 0 atom stereocenters. The van der Waals surface area contributed by atoms with E-state index in [4.69, 9.17) is 9.47 Å². The molecule has 1 aliphatic heterocycles. The van der Waals surface area contributed by atoms with E-state index in [1.165, 1.54) is 12.8 Å². The Morgan fingerprint density at radius 2 is 1.90 bits per heavy atom. The van der Waals surface area contributed by atoms with Crippen LogP contribution in [0.4, 0.5) is 0 Å². The number of nitrogens with one attached hydrogen (secondary N) is 2. The molecule has 0 bridgehead atoms. The zero-order valence-electron chi connectivity index (χ0n) is 19.4. The van der Waals surface area contributed by atoms with Crippen molar-refractivity contribution in [3.63, 3.8) is 0 Å². The molecule has 2 aliphatic rings. The summed E-state index contributed by atoms with van der Waals surface area (Å²) in [5.74, 6) is 2.77. The first kappa shape index (κ1) is 23.2. The van der Waals surface area contributed by atoms with E-state index < -0.39 is 0 Å². The van der Waals surface area contributed by atoms with Crippen LogP contribution in [-0.2, 0) is 11.3 Å². The van der Waals surface area contributed by atoms with Crippen LogP contribution in [0.5, 0.6) is 11.5 Å². The third-order valence-corrected chi connectivity index (χ3v) is 6.18. The van der Waals surface area contributed by atoms with Crippen molar-refractivity contribution in [2.45, 2.75) is 71.1 Å². The number of carbonyl (C=O) groups is 1. The molecule has 0 spiro atoms. The van der Waals surface area contributed by atoms with E-state index in [2.05, 4.69) is 21.7 Å². The highest BCUT2D eigenvalue weighted by atomic mass is 16.5. The number of guanidine groups is 1. The van der Waals surface area contributed by atoms with E-state index >= 15 is 0 Å². The second-order valence-corrected chi connectivity index (χ2v) is 8.82. The summed E-state index contributed by atoms with van der Waals surface area (Å²) >= 11 is 0. The summed E-state index contributed by atoms with van der Waals surface area (Å²) in [7, 11) is 3.47. The smallest absolute Gasteiger partial charge is 0.225 e. The van der Waals surface area contributed by atoms with E-state index in [0.717, 1.165) is 61.8 Å². The largest absolute Gasteiger partial charge is 0.497 e. The zero-order valence-corrected chi connectivity index (χ0v) is 19.4. The number of hydrogen-bond acceptors (Lipinski definition) is 4. The molecule has 7 heteroatoms. The second-order valence-electron chi connectivity index (χ2n) is 8.82. The molecule has 3 rings (SSSR count). The molecule has 2 N–H and O–H groups in total. The van der Waals surface area contributed by atoms with Gasteiger partial charge in [0.15, 0.2) is 5.96 Å². The maximum Gasteiger partial charge on any atom is 0.225 e. The Morgan fingerprint density at radius 1 is 1.19 bits per heavy atom. The lowest BCUT2D eigenvalue weighted by Gasteiger charge is -2.34. The Balaban J connectivity index is 1.54. The number of rotatable bonds is 7. The lowest BCUT2D eigenvalue weighted by atomic mass is 10.0. The number of aliphatic imine (C=N–C) groups is 1. The van der Waals surface area contributed by atoms with Crippen molar-refractivity contribution in [1.82, 2.24) is 15.5 Å². The number of nitrogens with zero attached hydrogens (tertiary/aromatic N) is 2. The lowest BCUT2D eigenvalue weighted by Crippen LogP contribution is -2.50. The molecule has 1 saturated heterocycles. The highest BCUT2D eigenvalue weighted by Gasteiger charge is 2.25. The van der Waals surface area contributed by atoms with Crippen LogP contribution in [0.25, 0.3) is 0 Å². The van der Waals surface area contributed by atoms with Crippen LogP contribution in [-0.4, -0.2) is 56.2 Å². The summed E-state index contributed by atoms with van der Waals surface area (Å²) < 4.78 is 11.7. The Labute approximate surface area is 186 Å². The number of methoxy groups -OCH3 is 1. The Morgan fingerprint density at radius 3 is 2.52 bits per heavy atom.